The third-order valence-electron chi connectivity index (χ3n) is 1.39. The molecular formula is C8H12N2. The number of nitrogens with zero attached hydrogens (tertiary/aromatic N) is 1. The number of dihydropyridines is 1. The van der Waals surface area contributed by atoms with E-state index in [1.54, 1.807) is 6.21 Å². The summed E-state index contributed by atoms with van der Waals surface area (Å²) in [5.41, 5.74) is 1.20. The van der Waals surface area contributed by atoms with Crippen LogP contribution in [0.5, 0.6) is 0 Å². The molecule has 0 unspecified atom stereocenters. The van der Waals surface area contributed by atoms with Crippen molar-refractivity contribution in [2.24, 2.45) is 4.99 Å². The standard InChI is InChI=1S/C8H12N2/c1-3-9-8-7(2)5-4-6-10-8/h3-5,10H,6H2,1-2H3. The van der Waals surface area contributed by atoms with Crippen molar-refractivity contribution in [3.63, 3.8) is 0 Å². The number of allylic oxidation sites excluding steroid dienone is 2. The quantitative estimate of drug-likeness (QED) is 0.542. The summed E-state index contributed by atoms with van der Waals surface area (Å²) in [4.78, 5) is 4.16. The molecule has 1 rings (SSSR count). The molecule has 0 bridgehead atoms. The summed E-state index contributed by atoms with van der Waals surface area (Å²) < 4.78 is 0. The van der Waals surface area contributed by atoms with Crippen molar-refractivity contribution in [2.45, 2.75) is 13.8 Å². The summed E-state index contributed by atoms with van der Waals surface area (Å²) >= 11 is 0. The van der Waals surface area contributed by atoms with Gasteiger partial charge >= 0.3 is 0 Å². The Morgan fingerprint density at radius 2 is 2.50 bits per heavy atom. The van der Waals surface area contributed by atoms with Gasteiger partial charge in [0.25, 0.3) is 0 Å². The van der Waals surface area contributed by atoms with Crippen LogP contribution in [0, 0.1) is 0 Å². The van der Waals surface area contributed by atoms with Crippen LogP contribution in [0.15, 0.2) is 28.5 Å². The predicted octanol–water partition coefficient (Wildman–Crippen LogP) is 1.47. The van der Waals surface area contributed by atoms with Gasteiger partial charge in [-0.25, -0.2) is 4.99 Å². The van der Waals surface area contributed by atoms with Crippen LogP contribution in [-0.2, 0) is 0 Å². The van der Waals surface area contributed by atoms with Crippen LogP contribution in [0.25, 0.3) is 0 Å². The zero-order valence-corrected chi connectivity index (χ0v) is 6.39. The van der Waals surface area contributed by atoms with Gasteiger partial charge in [0.2, 0.25) is 0 Å². The van der Waals surface area contributed by atoms with E-state index in [4.69, 9.17) is 0 Å². The Hall–Kier alpha value is -1.05. The molecule has 2 heteroatoms. The molecular weight excluding hydrogens is 124 g/mol. The maximum Gasteiger partial charge on any atom is 0.128 e. The zero-order valence-electron chi connectivity index (χ0n) is 6.39. The molecule has 10 heavy (non-hydrogen) atoms. The second-order valence-electron chi connectivity index (χ2n) is 2.20. The summed E-state index contributed by atoms with van der Waals surface area (Å²) in [6.45, 7) is 4.86. The van der Waals surface area contributed by atoms with Crippen LogP contribution in [0.1, 0.15) is 13.8 Å². The minimum absolute atomic E-state index is 0.893. The number of aliphatic imine (C=N–C) groups is 1. The van der Waals surface area contributed by atoms with E-state index in [2.05, 4.69) is 22.5 Å². The summed E-state index contributed by atoms with van der Waals surface area (Å²) in [6.07, 6.45) is 5.97. The Balaban J connectivity index is 2.79. The Labute approximate surface area is 61.4 Å². The van der Waals surface area contributed by atoms with E-state index >= 15 is 0 Å². The lowest BCUT2D eigenvalue weighted by atomic mass is 10.2. The topological polar surface area (TPSA) is 24.4 Å². The zero-order chi connectivity index (χ0) is 7.40. The Morgan fingerprint density at radius 1 is 1.70 bits per heavy atom. The van der Waals surface area contributed by atoms with Gasteiger partial charge in [0.1, 0.15) is 5.82 Å². The molecule has 1 aliphatic heterocycles. The van der Waals surface area contributed by atoms with Gasteiger partial charge in [0, 0.05) is 12.8 Å². The minimum atomic E-state index is 0.893. The highest BCUT2D eigenvalue weighted by atomic mass is 15.0. The summed E-state index contributed by atoms with van der Waals surface area (Å²) in [5, 5.41) is 3.16. The maximum atomic E-state index is 4.16. The molecule has 0 fully saturated rings. The Morgan fingerprint density at radius 3 is 3.10 bits per heavy atom. The third-order valence-corrected chi connectivity index (χ3v) is 1.39. The Bertz CT molecular complexity index is 199. The average molecular weight is 136 g/mol. The van der Waals surface area contributed by atoms with Gasteiger partial charge in [-0.2, -0.15) is 0 Å². The van der Waals surface area contributed by atoms with Crippen molar-refractivity contribution in [2.75, 3.05) is 6.54 Å². The molecule has 1 heterocycles. The van der Waals surface area contributed by atoms with Crippen molar-refractivity contribution < 1.29 is 0 Å². The van der Waals surface area contributed by atoms with E-state index in [9.17, 15) is 0 Å². The van der Waals surface area contributed by atoms with Gasteiger partial charge in [-0.3, -0.25) is 0 Å². The normalized spacial score (nSPS) is 18.2. The molecule has 0 atom stereocenters. The lowest BCUT2D eigenvalue weighted by molar-refractivity contribution is 0.857. The molecule has 2 nitrogen and oxygen atoms in total. The van der Waals surface area contributed by atoms with E-state index in [1.807, 2.05) is 13.8 Å². The summed E-state index contributed by atoms with van der Waals surface area (Å²) in [7, 11) is 0. The van der Waals surface area contributed by atoms with Crippen LogP contribution in [-0.4, -0.2) is 12.8 Å². The molecule has 0 saturated carbocycles. The average Bonchev–Trinajstić information content (AvgIpc) is 1.94. The number of hydrogen-bond acceptors (Lipinski definition) is 2. The minimum Gasteiger partial charge on any atom is -0.366 e. The lowest BCUT2D eigenvalue weighted by Crippen LogP contribution is -2.16. The van der Waals surface area contributed by atoms with Crippen LogP contribution in [0.2, 0.25) is 0 Å². The molecule has 0 radical (unpaired) electrons. The van der Waals surface area contributed by atoms with E-state index in [-0.39, 0.29) is 0 Å². The van der Waals surface area contributed by atoms with E-state index in [1.165, 1.54) is 5.57 Å². The van der Waals surface area contributed by atoms with E-state index < -0.39 is 0 Å². The van der Waals surface area contributed by atoms with Crippen molar-refractivity contribution in [3.8, 4) is 0 Å². The van der Waals surface area contributed by atoms with Crippen LogP contribution < -0.4 is 5.32 Å². The first-order valence-electron chi connectivity index (χ1n) is 3.44. The number of nitrogens with one attached hydrogen (secondary N) is 1. The largest absolute Gasteiger partial charge is 0.366 e. The lowest BCUT2D eigenvalue weighted by Gasteiger charge is -2.10. The molecule has 0 spiro atoms. The highest BCUT2D eigenvalue weighted by molar-refractivity contribution is 5.55. The molecule has 1 aliphatic rings. The highest BCUT2D eigenvalue weighted by Crippen LogP contribution is 2.06. The van der Waals surface area contributed by atoms with E-state index in [0.717, 1.165) is 12.4 Å². The highest BCUT2D eigenvalue weighted by Gasteiger charge is 1.98. The summed E-state index contributed by atoms with van der Waals surface area (Å²) in [6, 6.07) is 0. The van der Waals surface area contributed by atoms with Crippen LogP contribution in [0.4, 0.5) is 0 Å². The fourth-order valence-corrected chi connectivity index (χ4v) is 0.886. The molecule has 0 aromatic carbocycles. The first-order valence-corrected chi connectivity index (χ1v) is 3.44. The van der Waals surface area contributed by atoms with Crippen molar-refractivity contribution in [1.82, 2.24) is 5.32 Å². The first-order chi connectivity index (χ1) is 4.84. The van der Waals surface area contributed by atoms with Crippen molar-refractivity contribution in [1.29, 1.82) is 0 Å². The molecule has 1 N–H and O–H groups in total. The first kappa shape index (κ1) is 7.06. The SMILES string of the molecule is CC=NC1=C(C)C=CCN1. The van der Waals surface area contributed by atoms with Gasteiger partial charge in [0.15, 0.2) is 0 Å². The smallest absolute Gasteiger partial charge is 0.128 e. The number of rotatable bonds is 1. The predicted molar refractivity (Wildman–Crippen MR) is 44.0 cm³/mol. The maximum absolute atomic E-state index is 4.16. The number of hydrogen-bond donors (Lipinski definition) is 1. The molecule has 0 aromatic heterocycles. The van der Waals surface area contributed by atoms with Crippen LogP contribution >= 0.6 is 0 Å². The molecule has 0 saturated heterocycles. The van der Waals surface area contributed by atoms with Crippen molar-refractivity contribution in [3.05, 3.63) is 23.5 Å². The van der Waals surface area contributed by atoms with E-state index in [0.29, 0.717) is 0 Å². The van der Waals surface area contributed by atoms with Gasteiger partial charge in [0.05, 0.1) is 0 Å². The fraction of sp³-hybridized carbons (Fsp3) is 0.375. The molecule has 54 valence electrons. The second-order valence-corrected chi connectivity index (χ2v) is 2.20. The van der Waals surface area contributed by atoms with Crippen molar-refractivity contribution >= 4 is 6.21 Å². The fourth-order valence-electron chi connectivity index (χ4n) is 0.886. The Kier molecular flexibility index (Phi) is 2.26. The molecule has 0 amide bonds. The van der Waals surface area contributed by atoms with Gasteiger partial charge in [-0.15, -0.1) is 0 Å². The van der Waals surface area contributed by atoms with Gasteiger partial charge in [-0.05, 0) is 19.4 Å². The molecule has 0 aliphatic carbocycles. The monoisotopic (exact) mass is 136 g/mol. The van der Waals surface area contributed by atoms with Gasteiger partial charge in [-0.1, -0.05) is 12.2 Å². The third kappa shape index (κ3) is 1.47. The molecule has 0 aromatic rings. The second kappa shape index (κ2) is 3.20. The van der Waals surface area contributed by atoms with Gasteiger partial charge < -0.3 is 5.32 Å². The van der Waals surface area contributed by atoms with Crippen LogP contribution in [0.3, 0.4) is 0 Å². The summed E-state index contributed by atoms with van der Waals surface area (Å²) in [5.74, 6) is 0.991.